The molecule has 8 nitrogen and oxygen atoms in total. The maximum Gasteiger partial charge on any atom is 0.254 e. The SMILES string of the molecule is CON(c1ccc(Nc2c3ccccc3nc3c(C(N)=O)ccc(C)c23)cc1)S(C)(=O)=O. The van der Waals surface area contributed by atoms with Crippen LogP contribution in [0.3, 0.4) is 0 Å². The maximum absolute atomic E-state index is 12.0. The Labute approximate surface area is 185 Å². The Balaban J connectivity index is 1.89. The molecule has 3 aromatic carbocycles. The zero-order chi connectivity index (χ0) is 23.0. The summed E-state index contributed by atoms with van der Waals surface area (Å²) < 4.78 is 24.6. The van der Waals surface area contributed by atoms with E-state index in [2.05, 4.69) is 5.32 Å². The van der Waals surface area contributed by atoms with Gasteiger partial charge in [0.2, 0.25) is 0 Å². The molecule has 4 rings (SSSR count). The van der Waals surface area contributed by atoms with Gasteiger partial charge in [-0.2, -0.15) is 0 Å². The molecule has 3 N–H and O–H groups in total. The number of nitrogens with one attached hydrogen (secondary N) is 1. The summed E-state index contributed by atoms with van der Waals surface area (Å²) >= 11 is 0. The van der Waals surface area contributed by atoms with Crippen LogP contribution in [-0.2, 0) is 14.9 Å². The quantitative estimate of drug-likeness (QED) is 0.340. The fourth-order valence-electron chi connectivity index (χ4n) is 3.73. The Kier molecular flexibility index (Phi) is 5.45. The number of primary amides is 1. The standard InChI is InChI=1S/C23H22N4O4S/c1-14-8-13-18(23(24)28)22-20(14)21(17-6-4-5-7-19(17)26-22)25-15-9-11-16(12-10-15)27(31-2)32(3,29)30/h4-13H,1-3H3,(H2,24,28)(H,25,26). The molecule has 32 heavy (non-hydrogen) atoms. The number of hydrogen-bond donors (Lipinski definition) is 2. The summed E-state index contributed by atoms with van der Waals surface area (Å²) in [7, 11) is -2.28. The maximum atomic E-state index is 12.0. The number of nitrogens with two attached hydrogens (primary N) is 1. The molecule has 0 saturated carbocycles. The summed E-state index contributed by atoms with van der Waals surface area (Å²) in [5, 5.41) is 5.09. The molecule has 0 fully saturated rings. The molecule has 0 aliphatic carbocycles. The van der Waals surface area contributed by atoms with Crippen LogP contribution >= 0.6 is 0 Å². The highest BCUT2D eigenvalue weighted by Gasteiger charge is 2.19. The van der Waals surface area contributed by atoms with Gasteiger partial charge in [0, 0.05) is 16.5 Å². The predicted molar refractivity (Wildman–Crippen MR) is 127 cm³/mol. The molecule has 0 unspecified atom stereocenters. The third-order valence-electron chi connectivity index (χ3n) is 5.12. The number of sulfonamides is 1. The van der Waals surface area contributed by atoms with Crippen molar-refractivity contribution in [2.75, 3.05) is 23.2 Å². The summed E-state index contributed by atoms with van der Waals surface area (Å²) in [5.41, 5.74) is 10.0. The van der Waals surface area contributed by atoms with Gasteiger partial charge in [-0.15, -0.1) is 4.47 Å². The molecule has 4 aromatic rings. The van der Waals surface area contributed by atoms with E-state index in [4.69, 9.17) is 15.6 Å². The lowest BCUT2D eigenvalue weighted by Crippen LogP contribution is -2.28. The minimum Gasteiger partial charge on any atom is -0.366 e. The molecule has 9 heteroatoms. The van der Waals surface area contributed by atoms with Crippen LogP contribution in [0.15, 0.2) is 60.7 Å². The van der Waals surface area contributed by atoms with Gasteiger partial charge in [0.25, 0.3) is 15.9 Å². The first-order chi connectivity index (χ1) is 15.2. The number of aryl methyl sites for hydroxylation is 1. The summed E-state index contributed by atoms with van der Waals surface area (Å²) in [4.78, 5) is 21.7. The van der Waals surface area contributed by atoms with E-state index in [0.717, 1.165) is 44.0 Å². The lowest BCUT2D eigenvalue weighted by Gasteiger charge is -2.20. The van der Waals surface area contributed by atoms with E-state index in [-0.39, 0.29) is 0 Å². The van der Waals surface area contributed by atoms with Crippen molar-refractivity contribution in [2.24, 2.45) is 5.73 Å². The number of pyridine rings is 1. The first-order valence-electron chi connectivity index (χ1n) is 9.74. The second-order valence-electron chi connectivity index (χ2n) is 7.37. The zero-order valence-electron chi connectivity index (χ0n) is 17.8. The number of carbonyl (C=O) groups is 1. The summed E-state index contributed by atoms with van der Waals surface area (Å²) in [6.07, 6.45) is 1.07. The number of rotatable bonds is 6. The van der Waals surface area contributed by atoms with E-state index in [9.17, 15) is 13.2 Å². The summed E-state index contributed by atoms with van der Waals surface area (Å²) in [5.74, 6) is -0.548. The Hall–Kier alpha value is -3.69. The largest absolute Gasteiger partial charge is 0.366 e. The lowest BCUT2D eigenvalue weighted by molar-refractivity contribution is 0.100. The Morgan fingerprint density at radius 2 is 1.75 bits per heavy atom. The van der Waals surface area contributed by atoms with Gasteiger partial charge in [0.1, 0.15) is 0 Å². The van der Waals surface area contributed by atoms with Crippen LogP contribution in [0.2, 0.25) is 0 Å². The van der Waals surface area contributed by atoms with E-state index in [1.807, 2.05) is 37.3 Å². The Morgan fingerprint density at radius 1 is 1.06 bits per heavy atom. The van der Waals surface area contributed by atoms with Crippen molar-refractivity contribution in [2.45, 2.75) is 6.92 Å². The van der Waals surface area contributed by atoms with E-state index >= 15 is 0 Å². The topological polar surface area (TPSA) is 115 Å². The molecule has 0 atom stereocenters. The third-order valence-corrected chi connectivity index (χ3v) is 6.08. The van der Waals surface area contributed by atoms with Gasteiger partial charge in [0.15, 0.2) is 0 Å². The fourth-order valence-corrected chi connectivity index (χ4v) is 4.51. The van der Waals surface area contributed by atoms with Crippen molar-refractivity contribution < 1.29 is 18.0 Å². The molecule has 0 bridgehead atoms. The molecule has 164 valence electrons. The van der Waals surface area contributed by atoms with Gasteiger partial charge < -0.3 is 11.1 Å². The average Bonchev–Trinajstić information content (AvgIpc) is 2.74. The van der Waals surface area contributed by atoms with E-state index in [1.54, 1.807) is 30.3 Å². The monoisotopic (exact) mass is 450 g/mol. The third kappa shape index (κ3) is 3.83. The van der Waals surface area contributed by atoms with Crippen LogP contribution in [0.4, 0.5) is 17.1 Å². The number of nitrogens with zero attached hydrogens (tertiary/aromatic N) is 2. The number of fused-ring (bicyclic) bond motifs is 2. The highest BCUT2D eigenvalue weighted by atomic mass is 32.2. The number of benzene rings is 3. The molecule has 0 saturated heterocycles. The summed E-state index contributed by atoms with van der Waals surface area (Å²) in [6, 6.07) is 17.9. The molecule has 0 spiro atoms. The first-order valence-corrected chi connectivity index (χ1v) is 11.6. The number of aromatic nitrogens is 1. The molecule has 1 aromatic heterocycles. The van der Waals surface area contributed by atoms with Crippen LogP contribution in [0, 0.1) is 6.92 Å². The minimum absolute atomic E-state index is 0.346. The van der Waals surface area contributed by atoms with Crippen molar-refractivity contribution in [1.82, 2.24) is 4.98 Å². The number of amides is 1. The first kappa shape index (κ1) is 21.5. The Morgan fingerprint density at radius 3 is 2.38 bits per heavy atom. The van der Waals surface area contributed by atoms with Gasteiger partial charge in [-0.05, 0) is 48.9 Å². The van der Waals surface area contributed by atoms with Gasteiger partial charge in [-0.25, -0.2) is 13.4 Å². The number of hydrogen-bond acceptors (Lipinski definition) is 6. The van der Waals surface area contributed by atoms with Crippen molar-refractivity contribution >= 4 is 54.8 Å². The number of anilines is 3. The zero-order valence-corrected chi connectivity index (χ0v) is 18.6. The second kappa shape index (κ2) is 8.10. The van der Waals surface area contributed by atoms with Crippen molar-refractivity contribution in [3.63, 3.8) is 0 Å². The van der Waals surface area contributed by atoms with E-state index < -0.39 is 15.9 Å². The molecule has 1 amide bonds. The van der Waals surface area contributed by atoms with Gasteiger partial charge in [-0.3, -0.25) is 9.63 Å². The highest BCUT2D eigenvalue weighted by molar-refractivity contribution is 7.91. The van der Waals surface area contributed by atoms with Gasteiger partial charge in [-0.1, -0.05) is 24.3 Å². The number of carbonyl (C=O) groups excluding carboxylic acids is 1. The van der Waals surface area contributed by atoms with E-state index in [1.165, 1.54) is 7.11 Å². The van der Waals surface area contributed by atoms with Crippen molar-refractivity contribution in [3.05, 3.63) is 71.8 Å². The van der Waals surface area contributed by atoms with Crippen LogP contribution in [0.5, 0.6) is 0 Å². The van der Waals surface area contributed by atoms with Crippen LogP contribution in [0.1, 0.15) is 15.9 Å². The fraction of sp³-hybridized carbons (Fsp3) is 0.130. The van der Waals surface area contributed by atoms with Crippen LogP contribution in [-0.4, -0.2) is 32.7 Å². The number of para-hydroxylation sites is 1. The lowest BCUT2D eigenvalue weighted by atomic mass is 9.99. The molecule has 0 aliphatic rings. The second-order valence-corrected chi connectivity index (χ2v) is 9.16. The smallest absolute Gasteiger partial charge is 0.254 e. The highest BCUT2D eigenvalue weighted by Crippen LogP contribution is 2.36. The normalized spacial score (nSPS) is 11.6. The van der Waals surface area contributed by atoms with Crippen LogP contribution < -0.4 is 15.5 Å². The molecular weight excluding hydrogens is 428 g/mol. The summed E-state index contributed by atoms with van der Waals surface area (Å²) in [6.45, 7) is 1.94. The minimum atomic E-state index is -3.58. The molecular formula is C23H22N4O4S. The van der Waals surface area contributed by atoms with Gasteiger partial charge in [0.05, 0.1) is 41.3 Å². The predicted octanol–water partition coefficient (Wildman–Crippen LogP) is 3.87. The van der Waals surface area contributed by atoms with Gasteiger partial charge >= 0.3 is 0 Å². The van der Waals surface area contributed by atoms with Crippen LogP contribution in [0.25, 0.3) is 21.8 Å². The molecule has 0 radical (unpaired) electrons. The average molecular weight is 451 g/mol. The van der Waals surface area contributed by atoms with E-state index in [0.29, 0.717) is 16.8 Å². The molecule has 0 aliphatic heterocycles. The Bertz CT molecular complexity index is 1450. The van der Waals surface area contributed by atoms with Crippen molar-refractivity contribution in [3.8, 4) is 0 Å². The van der Waals surface area contributed by atoms with Crippen molar-refractivity contribution in [1.29, 1.82) is 0 Å². The molecule has 1 heterocycles.